The van der Waals surface area contributed by atoms with E-state index < -0.39 is 0 Å². The number of hydrogen-bond donors (Lipinski definition) is 0. The van der Waals surface area contributed by atoms with Crippen LogP contribution in [-0.2, 0) is 6.42 Å². The number of thiazole rings is 1. The van der Waals surface area contributed by atoms with Gasteiger partial charge >= 0.3 is 0 Å². The summed E-state index contributed by atoms with van der Waals surface area (Å²) >= 11 is 1.50. The van der Waals surface area contributed by atoms with Crippen molar-refractivity contribution in [3.63, 3.8) is 0 Å². The Hall–Kier alpha value is -2.19. The van der Waals surface area contributed by atoms with Crippen molar-refractivity contribution in [1.29, 1.82) is 5.26 Å². The fraction of sp³-hybridized carbons (Fsp3) is 0.353. The molecule has 0 aliphatic carbocycles. The number of benzene rings is 1. The smallest absolute Gasteiger partial charge is 0.133 e. The zero-order chi connectivity index (χ0) is 15.9. The minimum atomic E-state index is -0.363. The van der Waals surface area contributed by atoms with E-state index >= 15 is 0 Å². The number of aliphatic imine (C=N–C) groups is 1. The molecule has 1 aromatic heterocycles. The van der Waals surface area contributed by atoms with Crippen LogP contribution in [0.1, 0.15) is 27.7 Å². The minimum Gasteiger partial charge on any atom is -0.496 e. The maximum absolute atomic E-state index is 9.23. The van der Waals surface area contributed by atoms with E-state index in [2.05, 4.69) is 29.0 Å². The lowest BCUT2D eigenvalue weighted by atomic mass is 10.1. The average molecular weight is 313 g/mol. The molecule has 1 heterocycles. The molecule has 1 unspecified atom stereocenters. The van der Waals surface area contributed by atoms with Crippen LogP contribution in [0.2, 0.25) is 0 Å². The average Bonchev–Trinajstić information content (AvgIpc) is 2.94. The molecule has 0 aliphatic heterocycles. The molecule has 0 N–H and O–H groups in total. The lowest BCUT2D eigenvalue weighted by Crippen LogP contribution is -2.00. The van der Waals surface area contributed by atoms with Crippen molar-refractivity contribution >= 4 is 17.6 Å². The van der Waals surface area contributed by atoms with E-state index in [0.29, 0.717) is 6.54 Å². The van der Waals surface area contributed by atoms with Crippen molar-refractivity contribution < 1.29 is 4.74 Å². The van der Waals surface area contributed by atoms with Crippen LogP contribution < -0.4 is 4.74 Å². The molecule has 0 saturated carbocycles. The van der Waals surface area contributed by atoms with Crippen molar-refractivity contribution in [2.24, 2.45) is 4.99 Å². The van der Waals surface area contributed by atoms with Gasteiger partial charge in [-0.15, -0.1) is 11.3 Å². The van der Waals surface area contributed by atoms with Crippen LogP contribution in [0, 0.1) is 25.2 Å². The summed E-state index contributed by atoms with van der Waals surface area (Å²) in [5.41, 5.74) is 3.28. The monoisotopic (exact) mass is 313 g/mol. The van der Waals surface area contributed by atoms with Gasteiger partial charge in [-0.2, -0.15) is 5.26 Å². The lowest BCUT2D eigenvalue weighted by Gasteiger charge is -2.08. The highest BCUT2D eigenvalue weighted by Crippen LogP contribution is 2.21. The van der Waals surface area contributed by atoms with E-state index in [1.165, 1.54) is 16.9 Å². The van der Waals surface area contributed by atoms with Crippen molar-refractivity contribution in [1.82, 2.24) is 4.98 Å². The number of rotatable bonds is 6. The lowest BCUT2D eigenvalue weighted by molar-refractivity contribution is 0.409. The molecule has 114 valence electrons. The molecule has 0 spiro atoms. The molecular weight excluding hydrogens is 294 g/mol. The summed E-state index contributed by atoms with van der Waals surface area (Å²) in [5.74, 6) is 0.520. The molecule has 2 rings (SSSR count). The summed E-state index contributed by atoms with van der Waals surface area (Å²) in [5, 5.41) is 12.0. The zero-order valence-corrected chi connectivity index (χ0v) is 13.9. The fourth-order valence-corrected chi connectivity index (χ4v) is 2.94. The first kappa shape index (κ1) is 16.2. The first-order valence-electron chi connectivity index (χ1n) is 7.09. The maximum atomic E-state index is 9.23. The van der Waals surface area contributed by atoms with Gasteiger partial charge in [0.25, 0.3) is 0 Å². The summed E-state index contributed by atoms with van der Waals surface area (Å²) in [6, 6.07) is 8.35. The number of ether oxygens (including phenoxy) is 1. The number of aromatic nitrogens is 1. The maximum Gasteiger partial charge on any atom is 0.133 e. The van der Waals surface area contributed by atoms with Gasteiger partial charge in [-0.25, -0.2) is 4.98 Å². The molecular formula is C17H19N3OS. The Labute approximate surface area is 135 Å². The van der Waals surface area contributed by atoms with E-state index in [9.17, 15) is 5.26 Å². The summed E-state index contributed by atoms with van der Waals surface area (Å²) in [4.78, 5) is 8.73. The van der Waals surface area contributed by atoms with Crippen LogP contribution in [0.4, 0.5) is 0 Å². The second-order valence-corrected chi connectivity index (χ2v) is 5.94. The van der Waals surface area contributed by atoms with Gasteiger partial charge in [0, 0.05) is 23.8 Å². The molecule has 1 aromatic carbocycles. The molecule has 0 bridgehead atoms. The van der Waals surface area contributed by atoms with Crippen molar-refractivity contribution in [3.8, 4) is 11.8 Å². The molecule has 0 fully saturated rings. The standard InChI is InChI=1S/C17H19N3OS/c1-12-4-5-16(21-3)14(8-12)6-7-19-10-15(9-18)17-20-13(2)11-22-17/h4-5,8,10-11,15H,6-7H2,1-3H3. The summed E-state index contributed by atoms with van der Waals surface area (Å²) in [6.45, 7) is 4.61. The second-order valence-electron chi connectivity index (χ2n) is 5.05. The van der Waals surface area contributed by atoms with E-state index in [0.717, 1.165) is 28.4 Å². The molecule has 4 nitrogen and oxygen atoms in total. The van der Waals surface area contributed by atoms with Crippen LogP contribution >= 0.6 is 11.3 Å². The van der Waals surface area contributed by atoms with Gasteiger partial charge in [-0.1, -0.05) is 17.7 Å². The molecule has 0 aliphatic rings. The largest absolute Gasteiger partial charge is 0.496 e. The fourth-order valence-electron chi connectivity index (χ4n) is 2.14. The highest BCUT2D eigenvalue weighted by atomic mass is 32.1. The molecule has 0 saturated heterocycles. The summed E-state index contributed by atoms with van der Waals surface area (Å²) in [6.07, 6.45) is 2.48. The Morgan fingerprint density at radius 3 is 2.91 bits per heavy atom. The topological polar surface area (TPSA) is 58.3 Å². The van der Waals surface area contributed by atoms with E-state index in [-0.39, 0.29) is 5.92 Å². The first-order chi connectivity index (χ1) is 10.6. The Kier molecular flexibility index (Phi) is 5.68. The van der Waals surface area contributed by atoms with E-state index in [1.54, 1.807) is 13.3 Å². The first-order valence-corrected chi connectivity index (χ1v) is 7.97. The molecule has 2 aromatic rings. The normalized spacial score (nSPS) is 12.3. The predicted octanol–water partition coefficient (Wildman–Crippen LogP) is 3.69. The van der Waals surface area contributed by atoms with Crippen molar-refractivity contribution in [3.05, 3.63) is 45.4 Å². The van der Waals surface area contributed by atoms with Gasteiger partial charge in [0.05, 0.1) is 13.2 Å². The van der Waals surface area contributed by atoms with Gasteiger partial charge in [0.1, 0.15) is 16.7 Å². The molecule has 0 radical (unpaired) electrons. The molecule has 5 heteroatoms. The van der Waals surface area contributed by atoms with Gasteiger partial charge < -0.3 is 4.74 Å². The Morgan fingerprint density at radius 2 is 2.27 bits per heavy atom. The minimum absolute atomic E-state index is 0.363. The number of methoxy groups -OCH3 is 1. The summed E-state index contributed by atoms with van der Waals surface area (Å²) in [7, 11) is 1.67. The number of nitrogens with zero attached hydrogens (tertiary/aromatic N) is 3. The van der Waals surface area contributed by atoms with Crippen LogP contribution in [0.5, 0.6) is 5.75 Å². The molecule has 1 atom stereocenters. The Balaban J connectivity index is 1.98. The van der Waals surface area contributed by atoms with Crippen LogP contribution in [0.15, 0.2) is 28.6 Å². The Morgan fingerprint density at radius 1 is 1.45 bits per heavy atom. The van der Waals surface area contributed by atoms with Gasteiger partial charge in [0.2, 0.25) is 0 Å². The molecule has 22 heavy (non-hydrogen) atoms. The van der Waals surface area contributed by atoms with Gasteiger partial charge in [-0.3, -0.25) is 4.99 Å². The third kappa shape index (κ3) is 4.15. The van der Waals surface area contributed by atoms with Crippen molar-refractivity contribution in [2.75, 3.05) is 13.7 Å². The quantitative estimate of drug-likeness (QED) is 0.764. The third-order valence-corrected chi connectivity index (χ3v) is 4.29. The Bertz CT molecular complexity index is 700. The third-order valence-electron chi connectivity index (χ3n) is 3.24. The van der Waals surface area contributed by atoms with E-state index in [4.69, 9.17) is 4.74 Å². The van der Waals surface area contributed by atoms with Crippen molar-refractivity contribution in [2.45, 2.75) is 26.2 Å². The second kappa shape index (κ2) is 7.71. The van der Waals surface area contributed by atoms with E-state index in [1.807, 2.05) is 24.4 Å². The number of hydrogen-bond acceptors (Lipinski definition) is 5. The predicted molar refractivity (Wildman–Crippen MR) is 90.0 cm³/mol. The van der Waals surface area contributed by atoms with Crippen LogP contribution in [0.3, 0.4) is 0 Å². The number of nitriles is 1. The van der Waals surface area contributed by atoms with Crippen LogP contribution in [0.25, 0.3) is 0 Å². The van der Waals surface area contributed by atoms with Gasteiger partial charge in [-0.05, 0) is 31.9 Å². The highest BCUT2D eigenvalue weighted by Gasteiger charge is 2.11. The summed E-state index contributed by atoms with van der Waals surface area (Å²) < 4.78 is 5.36. The highest BCUT2D eigenvalue weighted by molar-refractivity contribution is 7.09. The molecule has 0 amide bonds. The number of aryl methyl sites for hydroxylation is 2. The van der Waals surface area contributed by atoms with Gasteiger partial charge in [0.15, 0.2) is 0 Å². The SMILES string of the molecule is COc1ccc(C)cc1CCN=CC(C#N)c1nc(C)cs1. The zero-order valence-electron chi connectivity index (χ0n) is 13.0. The van der Waals surface area contributed by atoms with Crippen LogP contribution in [-0.4, -0.2) is 24.9 Å².